The summed E-state index contributed by atoms with van der Waals surface area (Å²) in [5.41, 5.74) is 1.23. The molecule has 0 spiro atoms. The number of benzene rings is 2. The van der Waals surface area contributed by atoms with E-state index in [0.29, 0.717) is 32.0 Å². The first-order valence-corrected chi connectivity index (χ1v) is 8.61. The second-order valence-corrected chi connectivity index (χ2v) is 6.38. The number of halogens is 2. The van der Waals surface area contributed by atoms with Crippen LogP contribution in [0.2, 0.25) is 5.02 Å². The van der Waals surface area contributed by atoms with Crippen molar-refractivity contribution in [3.05, 3.63) is 64.4 Å². The third kappa shape index (κ3) is 4.59. The van der Waals surface area contributed by atoms with E-state index in [0.717, 1.165) is 11.6 Å². The lowest BCUT2D eigenvalue weighted by atomic mass is 10.1. The van der Waals surface area contributed by atoms with Gasteiger partial charge in [0, 0.05) is 23.8 Å². The van der Waals surface area contributed by atoms with Crippen molar-refractivity contribution in [1.29, 1.82) is 0 Å². The van der Waals surface area contributed by atoms with Gasteiger partial charge in [-0.2, -0.15) is 0 Å². The Hall–Kier alpha value is -2.44. The SMILES string of the molecule is O=C(Nc1ccc(CC(=O)N2CCOCC2)cc1)c1cc(Cl)ccc1F. The largest absolute Gasteiger partial charge is 0.378 e. The third-order valence-electron chi connectivity index (χ3n) is 4.10. The van der Waals surface area contributed by atoms with Crippen LogP contribution in [0.3, 0.4) is 0 Å². The first-order chi connectivity index (χ1) is 12.5. The highest BCUT2D eigenvalue weighted by atomic mass is 35.5. The van der Waals surface area contributed by atoms with Gasteiger partial charge in [0.15, 0.2) is 0 Å². The van der Waals surface area contributed by atoms with E-state index < -0.39 is 11.7 Å². The number of carbonyl (C=O) groups is 2. The van der Waals surface area contributed by atoms with Crippen molar-refractivity contribution in [1.82, 2.24) is 4.90 Å². The number of anilines is 1. The molecule has 3 rings (SSSR count). The molecule has 5 nitrogen and oxygen atoms in total. The van der Waals surface area contributed by atoms with Gasteiger partial charge in [0.05, 0.1) is 25.2 Å². The maximum Gasteiger partial charge on any atom is 0.258 e. The van der Waals surface area contributed by atoms with Gasteiger partial charge < -0.3 is 15.0 Å². The van der Waals surface area contributed by atoms with E-state index in [1.54, 1.807) is 29.2 Å². The average molecular weight is 377 g/mol. The molecule has 1 aliphatic heterocycles. The summed E-state index contributed by atoms with van der Waals surface area (Å²) < 4.78 is 19.0. The number of amides is 2. The topological polar surface area (TPSA) is 58.6 Å². The van der Waals surface area contributed by atoms with Gasteiger partial charge in [-0.25, -0.2) is 4.39 Å². The summed E-state index contributed by atoms with van der Waals surface area (Å²) in [6.45, 7) is 2.35. The van der Waals surface area contributed by atoms with Crippen molar-refractivity contribution in [3.8, 4) is 0 Å². The molecule has 1 aliphatic rings. The van der Waals surface area contributed by atoms with E-state index in [-0.39, 0.29) is 22.9 Å². The molecule has 0 bridgehead atoms. The Labute approximate surface area is 155 Å². The number of carbonyl (C=O) groups excluding carboxylic acids is 2. The van der Waals surface area contributed by atoms with Gasteiger partial charge in [0.25, 0.3) is 5.91 Å². The lowest BCUT2D eigenvalue weighted by Crippen LogP contribution is -2.41. The van der Waals surface area contributed by atoms with E-state index in [2.05, 4.69) is 5.32 Å². The minimum Gasteiger partial charge on any atom is -0.378 e. The maximum absolute atomic E-state index is 13.7. The Morgan fingerprint density at radius 1 is 1.12 bits per heavy atom. The third-order valence-corrected chi connectivity index (χ3v) is 4.34. The van der Waals surface area contributed by atoms with Crippen LogP contribution in [0, 0.1) is 5.82 Å². The molecule has 26 heavy (non-hydrogen) atoms. The number of hydrogen-bond acceptors (Lipinski definition) is 3. The second kappa shape index (κ2) is 8.29. The van der Waals surface area contributed by atoms with Crippen LogP contribution in [0.15, 0.2) is 42.5 Å². The van der Waals surface area contributed by atoms with Gasteiger partial charge in [0.2, 0.25) is 5.91 Å². The molecule has 1 heterocycles. The molecule has 2 amide bonds. The number of rotatable bonds is 4. The molecule has 0 atom stereocenters. The lowest BCUT2D eigenvalue weighted by Gasteiger charge is -2.26. The summed E-state index contributed by atoms with van der Waals surface area (Å²) in [5, 5.41) is 2.91. The van der Waals surface area contributed by atoms with Crippen LogP contribution >= 0.6 is 11.6 Å². The van der Waals surface area contributed by atoms with E-state index in [9.17, 15) is 14.0 Å². The number of ether oxygens (including phenoxy) is 1. The van der Waals surface area contributed by atoms with Crippen LogP contribution in [0.4, 0.5) is 10.1 Å². The van der Waals surface area contributed by atoms with Crippen molar-refractivity contribution >= 4 is 29.1 Å². The molecule has 0 saturated carbocycles. The van der Waals surface area contributed by atoms with Crippen molar-refractivity contribution in [2.75, 3.05) is 31.6 Å². The summed E-state index contributed by atoms with van der Waals surface area (Å²) in [5.74, 6) is -1.17. The van der Waals surface area contributed by atoms with Crippen LogP contribution in [-0.4, -0.2) is 43.0 Å². The van der Waals surface area contributed by atoms with Crippen molar-refractivity contribution < 1.29 is 18.7 Å². The average Bonchev–Trinajstić information content (AvgIpc) is 2.66. The zero-order chi connectivity index (χ0) is 18.5. The number of nitrogens with one attached hydrogen (secondary N) is 1. The first kappa shape index (κ1) is 18.4. The Morgan fingerprint density at radius 3 is 2.50 bits per heavy atom. The van der Waals surface area contributed by atoms with E-state index in [4.69, 9.17) is 16.3 Å². The van der Waals surface area contributed by atoms with Crippen LogP contribution in [0.1, 0.15) is 15.9 Å². The van der Waals surface area contributed by atoms with E-state index in [1.165, 1.54) is 12.1 Å². The summed E-state index contributed by atoms with van der Waals surface area (Å²) in [7, 11) is 0. The maximum atomic E-state index is 13.7. The molecule has 0 unspecified atom stereocenters. The fourth-order valence-corrected chi connectivity index (χ4v) is 2.85. The van der Waals surface area contributed by atoms with E-state index in [1.807, 2.05) is 0 Å². The predicted octanol–water partition coefficient (Wildman–Crippen LogP) is 3.13. The molecule has 0 aliphatic carbocycles. The molecule has 0 radical (unpaired) electrons. The minimum absolute atomic E-state index is 0.0473. The summed E-state index contributed by atoms with van der Waals surface area (Å²) in [6.07, 6.45) is 0.289. The fourth-order valence-electron chi connectivity index (χ4n) is 2.68. The van der Waals surface area contributed by atoms with Gasteiger partial charge in [-0.05, 0) is 35.9 Å². The number of nitrogens with zero attached hydrogens (tertiary/aromatic N) is 1. The van der Waals surface area contributed by atoms with Gasteiger partial charge in [-0.1, -0.05) is 23.7 Å². The summed E-state index contributed by atoms with van der Waals surface area (Å²) >= 11 is 5.81. The molecule has 1 N–H and O–H groups in total. The molecular weight excluding hydrogens is 359 g/mol. The zero-order valence-electron chi connectivity index (χ0n) is 14.0. The number of hydrogen-bond donors (Lipinski definition) is 1. The molecule has 0 aromatic heterocycles. The molecule has 2 aromatic carbocycles. The zero-order valence-corrected chi connectivity index (χ0v) is 14.8. The minimum atomic E-state index is -0.639. The van der Waals surface area contributed by atoms with Gasteiger partial charge in [0.1, 0.15) is 5.82 Å². The Bertz CT molecular complexity index is 805. The highest BCUT2D eigenvalue weighted by molar-refractivity contribution is 6.31. The Morgan fingerprint density at radius 2 is 1.81 bits per heavy atom. The molecule has 1 fully saturated rings. The van der Waals surface area contributed by atoms with Crippen LogP contribution in [0.5, 0.6) is 0 Å². The Balaban J connectivity index is 1.61. The standard InChI is InChI=1S/C19H18ClFN2O3/c20-14-3-6-17(21)16(12-14)19(25)22-15-4-1-13(2-5-15)11-18(24)23-7-9-26-10-8-23/h1-6,12H,7-11H2,(H,22,25). The van der Waals surface area contributed by atoms with Crippen molar-refractivity contribution in [2.24, 2.45) is 0 Å². The lowest BCUT2D eigenvalue weighted by molar-refractivity contribution is -0.134. The van der Waals surface area contributed by atoms with Gasteiger partial charge in [-0.15, -0.1) is 0 Å². The Kier molecular flexibility index (Phi) is 5.85. The fraction of sp³-hybridized carbons (Fsp3) is 0.263. The molecular formula is C19H18ClFN2O3. The normalized spacial score (nSPS) is 14.2. The summed E-state index contributed by atoms with van der Waals surface area (Å²) in [4.78, 5) is 26.2. The highest BCUT2D eigenvalue weighted by Gasteiger charge is 2.17. The number of morpholine rings is 1. The van der Waals surface area contributed by atoms with Gasteiger partial charge in [-0.3, -0.25) is 9.59 Å². The van der Waals surface area contributed by atoms with Crippen LogP contribution in [-0.2, 0) is 16.0 Å². The second-order valence-electron chi connectivity index (χ2n) is 5.95. The first-order valence-electron chi connectivity index (χ1n) is 8.24. The summed E-state index contributed by atoms with van der Waals surface area (Å²) in [6, 6.07) is 10.7. The van der Waals surface area contributed by atoms with Crippen molar-refractivity contribution in [2.45, 2.75) is 6.42 Å². The van der Waals surface area contributed by atoms with Crippen LogP contribution in [0.25, 0.3) is 0 Å². The smallest absolute Gasteiger partial charge is 0.258 e. The molecule has 1 saturated heterocycles. The molecule has 2 aromatic rings. The predicted molar refractivity (Wildman–Crippen MR) is 96.9 cm³/mol. The molecule has 136 valence electrons. The highest BCUT2D eigenvalue weighted by Crippen LogP contribution is 2.17. The van der Waals surface area contributed by atoms with Crippen LogP contribution < -0.4 is 5.32 Å². The van der Waals surface area contributed by atoms with Crippen molar-refractivity contribution in [3.63, 3.8) is 0 Å². The quantitative estimate of drug-likeness (QED) is 0.891. The van der Waals surface area contributed by atoms with Gasteiger partial charge >= 0.3 is 0 Å². The van der Waals surface area contributed by atoms with E-state index >= 15 is 0 Å². The monoisotopic (exact) mass is 376 g/mol. The molecule has 7 heteroatoms.